The van der Waals surface area contributed by atoms with Gasteiger partial charge in [-0.05, 0) is 75.1 Å². The van der Waals surface area contributed by atoms with Gasteiger partial charge in [0.2, 0.25) is 5.91 Å². The number of anilines is 1. The van der Waals surface area contributed by atoms with Crippen molar-refractivity contribution < 1.29 is 14.3 Å². The Morgan fingerprint density at radius 1 is 1.02 bits per heavy atom. The number of benzene rings is 3. The smallest absolute Gasteiger partial charge is 0.269 e. The molecule has 6 nitrogen and oxygen atoms in total. The van der Waals surface area contributed by atoms with Crippen molar-refractivity contribution in [1.82, 2.24) is 4.57 Å². The number of nitrogens with zero attached hydrogens (tertiary/aromatic N) is 2. The molecule has 2 atom stereocenters. The van der Waals surface area contributed by atoms with Gasteiger partial charge in [0.05, 0.1) is 4.53 Å². The molecular weight excluding hydrogens is 580 g/mol. The number of para-hydroxylation sites is 1. The number of carbonyl (C=O) groups excluding carboxylic acids is 2. The number of aryl methyl sites for hydroxylation is 2. The van der Waals surface area contributed by atoms with Crippen LogP contribution >= 0.6 is 22.9 Å². The van der Waals surface area contributed by atoms with Crippen molar-refractivity contribution in [2.24, 2.45) is 5.92 Å². The molecule has 0 saturated heterocycles. The number of hydrogen-bond acceptors (Lipinski definition) is 5. The highest BCUT2D eigenvalue weighted by Gasteiger charge is 2.36. The maximum Gasteiger partial charge on any atom is 0.269 e. The SMILES string of the molecule is Cc1ccc(Oc2cc(Cl)ccc2/C=c2/s/c(=C\C(=O)C3CC3)n(CC(=O)N3c4ccccc4C(C)C3C)c2=O)c(C)c1. The minimum Gasteiger partial charge on any atom is -0.456 e. The van der Waals surface area contributed by atoms with Crippen LogP contribution in [0.15, 0.2) is 65.5 Å². The number of ketones is 1. The summed E-state index contributed by atoms with van der Waals surface area (Å²) >= 11 is 7.55. The lowest BCUT2D eigenvalue weighted by molar-refractivity contribution is -0.119. The van der Waals surface area contributed by atoms with Crippen LogP contribution in [-0.2, 0) is 16.1 Å². The maximum absolute atomic E-state index is 13.9. The van der Waals surface area contributed by atoms with Crippen LogP contribution in [0.3, 0.4) is 0 Å². The van der Waals surface area contributed by atoms with Crippen LogP contribution in [0.4, 0.5) is 5.69 Å². The third-order valence-corrected chi connectivity index (χ3v) is 9.67. The number of aromatic nitrogens is 1. The summed E-state index contributed by atoms with van der Waals surface area (Å²) in [5.41, 5.74) is 4.43. The molecule has 2 aliphatic rings. The van der Waals surface area contributed by atoms with Crippen molar-refractivity contribution >= 4 is 52.5 Å². The molecule has 0 bridgehead atoms. The lowest BCUT2D eigenvalue weighted by atomic mass is 9.98. The molecule has 1 saturated carbocycles. The van der Waals surface area contributed by atoms with E-state index < -0.39 is 0 Å². The number of Topliss-reactive ketones (excluding diaryl/α,β-unsaturated/α-hetero) is 1. The van der Waals surface area contributed by atoms with Crippen LogP contribution in [0.5, 0.6) is 11.5 Å². The fourth-order valence-electron chi connectivity index (χ4n) is 5.66. The minimum absolute atomic E-state index is 0.00543. The Morgan fingerprint density at radius 2 is 1.79 bits per heavy atom. The molecule has 0 radical (unpaired) electrons. The van der Waals surface area contributed by atoms with Crippen molar-refractivity contribution in [3.63, 3.8) is 0 Å². The van der Waals surface area contributed by atoms with Crippen molar-refractivity contribution in [1.29, 1.82) is 0 Å². The monoisotopic (exact) mass is 612 g/mol. The van der Waals surface area contributed by atoms with Gasteiger partial charge in [-0.2, -0.15) is 0 Å². The summed E-state index contributed by atoms with van der Waals surface area (Å²) in [5, 5.41) is 0.504. The first-order chi connectivity index (χ1) is 20.6. The van der Waals surface area contributed by atoms with Crippen molar-refractivity contribution in [2.45, 2.75) is 59.0 Å². The third-order valence-electron chi connectivity index (χ3n) is 8.37. The summed E-state index contributed by atoms with van der Waals surface area (Å²) in [4.78, 5) is 42.4. The Hall–Kier alpha value is -3.94. The molecule has 0 spiro atoms. The Bertz CT molecular complexity index is 1940. The highest BCUT2D eigenvalue weighted by Crippen LogP contribution is 2.40. The molecule has 1 amide bonds. The lowest BCUT2D eigenvalue weighted by Gasteiger charge is -2.24. The Kier molecular flexibility index (Phi) is 7.88. The zero-order chi connectivity index (χ0) is 30.4. The molecule has 8 heteroatoms. The molecule has 4 aromatic rings. The number of thiazole rings is 1. The summed E-state index contributed by atoms with van der Waals surface area (Å²) in [6.07, 6.45) is 4.99. The van der Waals surface area contributed by atoms with Crippen LogP contribution in [0.2, 0.25) is 5.02 Å². The van der Waals surface area contributed by atoms with Crippen molar-refractivity contribution in [3.05, 3.63) is 107 Å². The summed E-state index contributed by atoms with van der Waals surface area (Å²) in [6.45, 7) is 7.97. The number of carbonyl (C=O) groups is 2. The quantitative estimate of drug-likeness (QED) is 0.253. The molecule has 220 valence electrons. The van der Waals surface area contributed by atoms with E-state index >= 15 is 0 Å². The maximum atomic E-state index is 13.9. The van der Waals surface area contributed by atoms with E-state index in [4.69, 9.17) is 16.3 Å². The van der Waals surface area contributed by atoms with Crippen LogP contribution in [0.1, 0.15) is 54.9 Å². The fourth-order valence-corrected chi connectivity index (χ4v) is 6.86. The van der Waals surface area contributed by atoms with Gasteiger partial charge in [0.15, 0.2) is 5.78 Å². The van der Waals surface area contributed by atoms with Gasteiger partial charge in [-0.25, -0.2) is 0 Å². The highest BCUT2D eigenvalue weighted by atomic mass is 35.5. The second kappa shape index (κ2) is 11.6. The zero-order valence-corrected chi connectivity index (χ0v) is 26.2. The molecule has 1 fully saturated rings. The lowest BCUT2D eigenvalue weighted by Crippen LogP contribution is -2.43. The third kappa shape index (κ3) is 5.84. The molecule has 1 aliphatic carbocycles. The van der Waals surface area contributed by atoms with Gasteiger partial charge < -0.3 is 9.64 Å². The molecule has 2 heterocycles. The van der Waals surface area contributed by atoms with E-state index in [9.17, 15) is 14.4 Å². The van der Waals surface area contributed by atoms with E-state index in [1.807, 2.05) is 63.2 Å². The minimum atomic E-state index is -0.325. The predicted molar refractivity (Wildman–Crippen MR) is 173 cm³/mol. The number of rotatable bonds is 7. The molecular formula is C35H33ClN2O4S. The van der Waals surface area contributed by atoms with Gasteiger partial charge >= 0.3 is 0 Å². The molecule has 2 unspecified atom stereocenters. The second-order valence-corrected chi connectivity index (χ2v) is 13.1. The number of fused-ring (bicyclic) bond motifs is 1. The van der Waals surface area contributed by atoms with Gasteiger partial charge in [-0.15, -0.1) is 11.3 Å². The summed E-state index contributed by atoms with van der Waals surface area (Å²) in [7, 11) is 0. The molecule has 1 aliphatic heterocycles. The first-order valence-corrected chi connectivity index (χ1v) is 15.7. The first kappa shape index (κ1) is 29.1. The van der Waals surface area contributed by atoms with E-state index in [1.54, 1.807) is 29.2 Å². The number of ether oxygens (including phenoxy) is 1. The van der Waals surface area contributed by atoms with E-state index in [2.05, 4.69) is 6.92 Å². The van der Waals surface area contributed by atoms with Gasteiger partial charge in [-0.3, -0.25) is 19.0 Å². The average Bonchev–Trinajstić information content (AvgIpc) is 3.75. The normalized spacial score (nSPS) is 18.7. The van der Waals surface area contributed by atoms with Gasteiger partial charge in [0, 0.05) is 46.3 Å². The van der Waals surface area contributed by atoms with E-state index in [0.29, 0.717) is 31.3 Å². The van der Waals surface area contributed by atoms with Crippen LogP contribution in [-0.4, -0.2) is 22.3 Å². The summed E-state index contributed by atoms with van der Waals surface area (Å²) < 4.78 is 8.59. The summed E-state index contributed by atoms with van der Waals surface area (Å²) in [6, 6.07) is 19.0. The average molecular weight is 613 g/mol. The number of halogens is 1. The largest absolute Gasteiger partial charge is 0.456 e. The van der Waals surface area contributed by atoms with Gasteiger partial charge in [0.25, 0.3) is 5.56 Å². The second-order valence-electron chi connectivity index (χ2n) is 11.6. The molecule has 6 rings (SSSR count). The zero-order valence-electron chi connectivity index (χ0n) is 24.6. The number of hydrogen-bond donors (Lipinski definition) is 0. The van der Waals surface area contributed by atoms with Crippen molar-refractivity contribution in [3.8, 4) is 11.5 Å². The van der Waals surface area contributed by atoms with Crippen LogP contribution in [0.25, 0.3) is 12.2 Å². The molecule has 43 heavy (non-hydrogen) atoms. The topological polar surface area (TPSA) is 68.6 Å². The molecule has 3 aromatic carbocycles. The van der Waals surface area contributed by atoms with Crippen LogP contribution < -0.4 is 24.4 Å². The van der Waals surface area contributed by atoms with E-state index in [-0.39, 0.29) is 41.7 Å². The van der Waals surface area contributed by atoms with Gasteiger partial charge in [0.1, 0.15) is 22.7 Å². The van der Waals surface area contributed by atoms with Gasteiger partial charge in [-0.1, -0.05) is 54.4 Å². The Labute approximate surface area is 259 Å². The van der Waals surface area contributed by atoms with E-state index in [0.717, 1.165) is 35.2 Å². The highest BCUT2D eigenvalue weighted by molar-refractivity contribution is 7.07. The molecule has 0 N–H and O–H groups in total. The van der Waals surface area contributed by atoms with Crippen molar-refractivity contribution in [2.75, 3.05) is 4.90 Å². The standard InChI is InChI=1S/C35H33ClN2O4S/c1-20-9-14-30(21(2)15-20)42-31-17-26(36)13-12-25(31)16-32-35(41)37(34(43-32)18-29(39)24-10-11-24)19-33(40)38-23(4)22(3)27-7-5-6-8-28(27)38/h5-9,12-18,22-24H,10-11,19H2,1-4H3/b32-16+,34-18-. The Balaban J connectivity index is 1.42. The number of amides is 1. The van der Waals surface area contributed by atoms with E-state index in [1.165, 1.54) is 22.0 Å². The predicted octanol–water partition coefficient (Wildman–Crippen LogP) is 6.10. The van der Waals surface area contributed by atoms with Crippen LogP contribution in [0, 0.1) is 19.8 Å². The Morgan fingerprint density at radius 3 is 2.53 bits per heavy atom. The molecule has 1 aromatic heterocycles. The first-order valence-electron chi connectivity index (χ1n) is 14.5. The fraction of sp³-hybridized carbons (Fsp3) is 0.286. The summed E-state index contributed by atoms with van der Waals surface area (Å²) in [5.74, 6) is 1.17.